The third-order valence-corrected chi connectivity index (χ3v) is 9.25. The van der Waals surface area contributed by atoms with Gasteiger partial charge in [0.2, 0.25) is 0 Å². The van der Waals surface area contributed by atoms with Gasteiger partial charge < -0.3 is 10.2 Å². The average molecular weight is 408 g/mol. The van der Waals surface area contributed by atoms with Crippen molar-refractivity contribution in [3.05, 3.63) is 47.8 Å². The highest BCUT2D eigenvalue weighted by Crippen LogP contribution is 2.66. The van der Waals surface area contributed by atoms with Gasteiger partial charge in [0.05, 0.1) is 6.10 Å². The first kappa shape index (κ1) is 20.0. The summed E-state index contributed by atoms with van der Waals surface area (Å²) in [6, 6.07) is 4.18. The van der Waals surface area contributed by atoms with Crippen LogP contribution in [0.1, 0.15) is 64.4 Å². The molecule has 4 aliphatic carbocycles. The van der Waals surface area contributed by atoms with Crippen LogP contribution >= 0.6 is 0 Å². The number of carboxylic acids is 1. The molecular formula is C26H33NO3. The van der Waals surface area contributed by atoms with Gasteiger partial charge in [0.25, 0.3) is 0 Å². The van der Waals surface area contributed by atoms with E-state index in [0.717, 1.165) is 38.5 Å². The minimum atomic E-state index is -0.702. The van der Waals surface area contributed by atoms with Gasteiger partial charge in [0.15, 0.2) is 0 Å². The zero-order valence-corrected chi connectivity index (χ0v) is 18.1. The topological polar surface area (TPSA) is 70.4 Å². The minimum absolute atomic E-state index is 0.0907. The molecule has 2 saturated carbocycles. The smallest absolute Gasteiger partial charge is 0.303 e. The van der Waals surface area contributed by atoms with Gasteiger partial charge in [-0.05, 0) is 90.2 Å². The summed E-state index contributed by atoms with van der Waals surface area (Å²) >= 11 is 0. The predicted octanol–water partition coefficient (Wildman–Crippen LogP) is 5.10. The number of fused-ring (bicyclic) bond motifs is 5. The second kappa shape index (κ2) is 7.05. The Morgan fingerprint density at radius 3 is 2.73 bits per heavy atom. The first-order chi connectivity index (χ1) is 14.3. The standard InChI is InChI=1S/C26H33NO3/c1-25-9-7-16(13-23(29)30)12-18(25)14-22(28)24-20-6-5-19(17-4-3-11-27-15-17)26(20,2)10-8-21(24)25/h3-5,11,14-16,20-22,24,28H,6-10,12-13H2,1-2H3,(H,29,30)/t16-,20+,21+,22+,24+,25+,26-/m1/s1. The molecule has 0 saturated heterocycles. The Morgan fingerprint density at radius 2 is 2.00 bits per heavy atom. The van der Waals surface area contributed by atoms with Gasteiger partial charge >= 0.3 is 5.97 Å². The molecule has 0 aliphatic heterocycles. The zero-order valence-electron chi connectivity index (χ0n) is 18.1. The normalized spacial score (nSPS) is 42.4. The molecule has 0 spiro atoms. The second-order valence-electron chi connectivity index (χ2n) is 10.6. The summed E-state index contributed by atoms with van der Waals surface area (Å²) in [7, 11) is 0. The molecule has 5 rings (SSSR count). The predicted molar refractivity (Wildman–Crippen MR) is 116 cm³/mol. The van der Waals surface area contributed by atoms with Crippen LogP contribution < -0.4 is 0 Å². The minimum Gasteiger partial charge on any atom is -0.481 e. The molecule has 2 fully saturated rings. The van der Waals surface area contributed by atoms with Gasteiger partial charge in [-0.25, -0.2) is 0 Å². The van der Waals surface area contributed by atoms with Crippen molar-refractivity contribution in [2.24, 2.45) is 34.5 Å². The van der Waals surface area contributed by atoms with Crippen LogP contribution in [0.2, 0.25) is 0 Å². The third-order valence-electron chi connectivity index (χ3n) is 9.25. The second-order valence-corrected chi connectivity index (χ2v) is 10.6. The van der Waals surface area contributed by atoms with Crippen molar-refractivity contribution in [3.63, 3.8) is 0 Å². The molecule has 1 aromatic heterocycles. The number of aliphatic hydroxyl groups excluding tert-OH is 1. The van der Waals surface area contributed by atoms with Crippen molar-refractivity contribution in [3.8, 4) is 0 Å². The molecule has 30 heavy (non-hydrogen) atoms. The van der Waals surface area contributed by atoms with Crippen LogP contribution in [0.3, 0.4) is 0 Å². The van der Waals surface area contributed by atoms with E-state index in [1.807, 2.05) is 18.5 Å². The SMILES string of the molecule is C[C@]12CC[C@@H](CC(=O)O)CC1=C[C@H](O)[C@@H]1[C@@H]2CC[C@]2(C)C(c3cccnc3)=CC[C@@H]12. The molecule has 0 bridgehead atoms. The summed E-state index contributed by atoms with van der Waals surface area (Å²) in [5, 5.41) is 20.6. The molecule has 160 valence electrons. The van der Waals surface area contributed by atoms with Crippen LogP contribution in [0, 0.1) is 34.5 Å². The molecule has 1 heterocycles. The number of hydrogen-bond donors (Lipinski definition) is 2. The lowest BCUT2D eigenvalue weighted by Gasteiger charge is -2.59. The summed E-state index contributed by atoms with van der Waals surface area (Å²) in [4.78, 5) is 15.6. The first-order valence-corrected chi connectivity index (χ1v) is 11.5. The fraction of sp³-hybridized carbons (Fsp3) is 0.615. The summed E-state index contributed by atoms with van der Waals surface area (Å²) in [5.74, 6) is 0.723. The number of aliphatic hydroxyl groups is 1. The molecule has 1 aromatic rings. The number of nitrogens with zero attached hydrogens (tertiary/aromatic N) is 1. The van der Waals surface area contributed by atoms with E-state index in [1.54, 1.807) is 0 Å². The Morgan fingerprint density at radius 1 is 1.20 bits per heavy atom. The number of carbonyl (C=O) groups is 1. The van der Waals surface area contributed by atoms with E-state index in [-0.39, 0.29) is 29.1 Å². The van der Waals surface area contributed by atoms with Gasteiger partial charge in [0.1, 0.15) is 0 Å². The maximum absolute atomic E-state index is 11.3. The number of aromatic nitrogens is 1. The lowest BCUT2D eigenvalue weighted by molar-refractivity contribution is -0.138. The van der Waals surface area contributed by atoms with Crippen LogP contribution in [0.25, 0.3) is 5.57 Å². The van der Waals surface area contributed by atoms with Crippen LogP contribution in [-0.4, -0.2) is 27.3 Å². The number of carboxylic acid groups (broad SMARTS) is 1. The molecule has 0 unspecified atom stereocenters. The fourth-order valence-corrected chi connectivity index (χ4v) is 7.69. The number of aliphatic carboxylic acids is 1. The van der Waals surface area contributed by atoms with E-state index in [1.165, 1.54) is 16.7 Å². The van der Waals surface area contributed by atoms with Crippen LogP contribution in [0.5, 0.6) is 0 Å². The first-order valence-electron chi connectivity index (χ1n) is 11.5. The summed E-state index contributed by atoms with van der Waals surface area (Å²) < 4.78 is 0. The van der Waals surface area contributed by atoms with Crippen molar-refractivity contribution >= 4 is 11.5 Å². The number of allylic oxidation sites excluding steroid dienone is 3. The van der Waals surface area contributed by atoms with E-state index in [4.69, 9.17) is 0 Å². The van der Waals surface area contributed by atoms with E-state index in [9.17, 15) is 15.0 Å². The molecule has 0 amide bonds. The Hall–Kier alpha value is -1.94. The van der Waals surface area contributed by atoms with Crippen LogP contribution in [0.15, 0.2) is 42.3 Å². The monoisotopic (exact) mass is 407 g/mol. The molecule has 7 atom stereocenters. The highest BCUT2D eigenvalue weighted by molar-refractivity contribution is 5.72. The van der Waals surface area contributed by atoms with Crippen LogP contribution in [-0.2, 0) is 4.79 Å². The molecule has 4 heteroatoms. The molecule has 2 N–H and O–H groups in total. The quantitative estimate of drug-likeness (QED) is 0.684. The summed E-state index contributed by atoms with van der Waals surface area (Å²) in [6.07, 6.45) is 14.3. The van der Waals surface area contributed by atoms with E-state index in [2.05, 4.69) is 37.0 Å². The third kappa shape index (κ3) is 2.90. The van der Waals surface area contributed by atoms with Crippen molar-refractivity contribution in [1.82, 2.24) is 4.98 Å². The summed E-state index contributed by atoms with van der Waals surface area (Å²) in [5.41, 5.74) is 4.17. The number of rotatable bonds is 3. The van der Waals surface area contributed by atoms with Gasteiger partial charge in [-0.15, -0.1) is 0 Å². The zero-order chi connectivity index (χ0) is 21.1. The van der Waals surface area contributed by atoms with Crippen molar-refractivity contribution in [1.29, 1.82) is 0 Å². The lowest BCUT2D eigenvalue weighted by Crippen LogP contribution is -2.54. The van der Waals surface area contributed by atoms with Crippen molar-refractivity contribution in [2.45, 2.75) is 64.9 Å². The molecule has 4 aliphatic rings. The van der Waals surface area contributed by atoms with Gasteiger partial charge in [-0.3, -0.25) is 9.78 Å². The Balaban J connectivity index is 1.45. The highest BCUT2D eigenvalue weighted by atomic mass is 16.4. The summed E-state index contributed by atoms with van der Waals surface area (Å²) in [6.45, 7) is 4.80. The van der Waals surface area contributed by atoms with Crippen molar-refractivity contribution in [2.75, 3.05) is 0 Å². The Labute approximate surface area is 179 Å². The maximum atomic E-state index is 11.3. The number of pyridine rings is 1. The average Bonchev–Trinajstić information content (AvgIpc) is 3.06. The van der Waals surface area contributed by atoms with E-state index >= 15 is 0 Å². The number of hydrogen-bond acceptors (Lipinski definition) is 3. The van der Waals surface area contributed by atoms with E-state index in [0.29, 0.717) is 11.8 Å². The van der Waals surface area contributed by atoms with Gasteiger partial charge in [0, 0.05) is 18.8 Å². The van der Waals surface area contributed by atoms with Gasteiger partial charge in [-0.1, -0.05) is 37.6 Å². The van der Waals surface area contributed by atoms with Crippen molar-refractivity contribution < 1.29 is 15.0 Å². The van der Waals surface area contributed by atoms with Gasteiger partial charge in [-0.2, -0.15) is 0 Å². The largest absolute Gasteiger partial charge is 0.481 e. The fourth-order valence-electron chi connectivity index (χ4n) is 7.69. The Bertz CT molecular complexity index is 906. The van der Waals surface area contributed by atoms with Crippen LogP contribution in [0.4, 0.5) is 0 Å². The van der Waals surface area contributed by atoms with E-state index < -0.39 is 12.1 Å². The highest BCUT2D eigenvalue weighted by Gasteiger charge is 2.59. The Kier molecular flexibility index (Phi) is 4.70. The lowest BCUT2D eigenvalue weighted by atomic mass is 9.46. The maximum Gasteiger partial charge on any atom is 0.303 e. The molecule has 0 aromatic carbocycles. The molecule has 0 radical (unpaired) electrons. The molecule has 4 nitrogen and oxygen atoms in total. The molecular weight excluding hydrogens is 374 g/mol.